The monoisotopic (exact) mass is 514 g/mol. The Morgan fingerprint density at radius 1 is 1.14 bits per heavy atom. The van der Waals surface area contributed by atoms with E-state index in [9.17, 15) is 9.18 Å². The maximum absolute atomic E-state index is 13.2. The molecule has 2 aromatic rings. The predicted octanol–water partition coefficient (Wildman–Crippen LogP) is 2.82. The lowest BCUT2D eigenvalue weighted by molar-refractivity contribution is -0.120. The molecule has 8 heteroatoms. The zero-order chi connectivity index (χ0) is 20.4. The molecule has 0 spiro atoms. The van der Waals surface area contributed by atoms with Gasteiger partial charge in [0.15, 0.2) is 5.96 Å². The van der Waals surface area contributed by atoms with Crippen molar-refractivity contribution in [2.24, 2.45) is 4.99 Å². The number of carbonyl (C=O) groups excluding carboxylic acids is 1. The van der Waals surface area contributed by atoms with Gasteiger partial charge in [0.25, 0.3) is 0 Å². The highest BCUT2D eigenvalue weighted by atomic mass is 127. The van der Waals surface area contributed by atoms with Crippen molar-refractivity contribution in [1.29, 1.82) is 0 Å². The van der Waals surface area contributed by atoms with Gasteiger partial charge in [0, 0.05) is 39.3 Å². The fourth-order valence-corrected chi connectivity index (χ4v) is 2.82. The van der Waals surface area contributed by atoms with E-state index in [0.717, 1.165) is 11.3 Å². The molecule has 0 aliphatic rings. The SMILES string of the molecule is CN=C(NCCNC(=O)Cc1cccc(F)c1)N(C)Cc1ccccc1OC.I. The maximum Gasteiger partial charge on any atom is 0.224 e. The van der Waals surface area contributed by atoms with Crippen LogP contribution < -0.4 is 15.4 Å². The number of aliphatic imine (C=N–C) groups is 1. The third-order valence-electron chi connectivity index (χ3n) is 4.16. The molecule has 0 atom stereocenters. The van der Waals surface area contributed by atoms with E-state index in [1.807, 2.05) is 36.2 Å². The standard InChI is InChI=1S/C21H27FN4O2.HI/c1-23-21(26(2)15-17-8-4-5-10-19(17)28-3)25-12-11-24-20(27)14-16-7-6-9-18(22)13-16;/h4-10,13H,11-12,14-15H2,1-3H3,(H,23,25)(H,24,27);1H. The highest BCUT2D eigenvalue weighted by molar-refractivity contribution is 14.0. The number of guanidine groups is 1. The van der Waals surface area contributed by atoms with Crippen LogP contribution in [-0.4, -0.2) is 51.1 Å². The van der Waals surface area contributed by atoms with E-state index in [1.54, 1.807) is 26.3 Å². The summed E-state index contributed by atoms with van der Waals surface area (Å²) in [5.41, 5.74) is 1.71. The number of ether oxygens (including phenoxy) is 1. The Labute approximate surface area is 188 Å². The van der Waals surface area contributed by atoms with Gasteiger partial charge in [0.05, 0.1) is 13.5 Å². The summed E-state index contributed by atoms with van der Waals surface area (Å²) in [6, 6.07) is 13.9. The molecular weight excluding hydrogens is 486 g/mol. The van der Waals surface area contributed by atoms with Crippen LogP contribution in [0.2, 0.25) is 0 Å². The van der Waals surface area contributed by atoms with Gasteiger partial charge in [-0.3, -0.25) is 9.79 Å². The van der Waals surface area contributed by atoms with Crippen LogP contribution in [0.25, 0.3) is 0 Å². The molecular formula is C21H28FIN4O2. The zero-order valence-electron chi connectivity index (χ0n) is 16.9. The summed E-state index contributed by atoms with van der Waals surface area (Å²) in [6.45, 7) is 1.60. The first-order chi connectivity index (χ1) is 13.5. The quantitative estimate of drug-likeness (QED) is 0.246. The second kappa shape index (κ2) is 13.0. The van der Waals surface area contributed by atoms with Crippen molar-refractivity contribution in [2.75, 3.05) is 34.3 Å². The fourth-order valence-electron chi connectivity index (χ4n) is 2.82. The first kappa shape index (κ1) is 24.7. The minimum Gasteiger partial charge on any atom is -0.496 e. The molecule has 2 aromatic carbocycles. The van der Waals surface area contributed by atoms with Gasteiger partial charge in [-0.1, -0.05) is 30.3 Å². The summed E-state index contributed by atoms with van der Waals surface area (Å²) in [7, 11) is 5.30. The predicted molar refractivity (Wildman–Crippen MR) is 124 cm³/mol. The van der Waals surface area contributed by atoms with E-state index in [2.05, 4.69) is 15.6 Å². The summed E-state index contributed by atoms with van der Waals surface area (Å²) in [5.74, 6) is 1.05. The summed E-state index contributed by atoms with van der Waals surface area (Å²) < 4.78 is 18.5. The average molecular weight is 514 g/mol. The Bertz CT molecular complexity index is 817. The molecule has 0 aliphatic carbocycles. The number of nitrogens with zero attached hydrogens (tertiary/aromatic N) is 2. The van der Waals surface area contributed by atoms with Crippen LogP contribution in [0.5, 0.6) is 5.75 Å². The lowest BCUT2D eigenvalue weighted by Gasteiger charge is -2.23. The van der Waals surface area contributed by atoms with Gasteiger partial charge in [-0.05, 0) is 23.8 Å². The number of para-hydroxylation sites is 1. The number of halogens is 2. The van der Waals surface area contributed by atoms with Crippen molar-refractivity contribution in [2.45, 2.75) is 13.0 Å². The Morgan fingerprint density at radius 3 is 2.55 bits per heavy atom. The second-order valence-electron chi connectivity index (χ2n) is 6.30. The van der Waals surface area contributed by atoms with Crippen LogP contribution in [0, 0.1) is 5.82 Å². The molecule has 0 aromatic heterocycles. The summed E-state index contributed by atoms with van der Waals surface area (Å²) in [5, 5.41) is 6.04. The molecule has 0 saturated heterocycles. The van der Waals surface area contributed by atoms with Gasteiger partial charge in [-0.2, -0.15) is 0 Å². The number of benzene rings is 2. The van der Waals surface area contributed by atoms with Crippen LogP contribution in [0.4, 0.5) is 4.39 Å². The van der Waals surface area contributed by atoms with E-state index in [-0.39, 0.29) is 42.1 Å². The fraction of sp³-hybridized carbons (Fsp3) is 0.333. The molecule has 2 N–H and O–H groups in total. The van der Waals surface area contributed by atoms with Crippen LogP contribution in [-0.2, 0) is 17.8 Å². The highest BCUT2D eigenvalue weighted by Gasteiger charge is 2.10. The van der Waals surface area contributed by atoms with Gasteiger partial charge in [-0.25, -0.2) is 4.39 Å². The second-order valence-corrected chi connectivity index (χ2v) is 6.30. The number of rotatable bonds is 8. The number of amides is 1. The summed E-state index contributed by atoms with van der Waals surface area (Å²) in [4.78, 5) is 18.2. The number of carbonyl (C=O) groups is 1. The van der Waals surface area contributed by atoms with E-state index >= 15 is 0 Å². The maximum atomic E-state index is 13.2. The largest absolute Gasteiger partial charge is 0.496 e. The van der Waals surface area contributed by atoms with Crippen LogP contribution in [0.1, 0.15) is 11.1 Å². The molecule has 6 nitrogen and oxygen atoms in total. The smallest absolute Gasteiger partial charge is 0.224 e. The van der Waals surface area contributed by atoms with Crippen molar-refractivity contribution in [1.82, 2.24) is 15.5 Å². The molecule has 2 rings (SSSR count). The molecule has 0 heterocycles. The molecule has 0 bridgehead atoms. The molecule has 0 aliphatic heterocycles. The lowest BCUT2D eigenvalue weighted by Crippen LogP contribution is -2.42. The van der Waals surface area contributed by atoms with Gasteiger partial charge < -0.3 is 20.3 Å². The molecule has 29 heavy (non-hydrogen) atoms. The van der Waals surface area contributed by atoms with E-state index in [1.165, 1.54) is 12.1 Å². The topological polar surface area (TPSA) is 66.0 Å². The van der Waals surface area contributed by atoms with Crippen molar-refractivity contribution in [3.63, 3.8) is 0 Å². The van der Waals surface area contributed by atoms with E-state index in [0.29, 0.717) is 31.2 Å². The molecule has 0 fully saturated rings. The van der Waals surface area contributed by atoms with Crippen LogP contribution in [0.15, 0.2) is 53.5 Å². The van der Waals surface area contributed by atoms with Crippen molar-refractivity contribution < 1.29 is 13.9 Å². The van der Waals surface area contributed by atoms with Gasteiger partial charge in [-0.15, -0.1) is 24.0 Å². The summed E-state index contributed by atoms with van der Waals surface area (Å²) in [6.07, 6.45) is 0.153. The summed E-state index contributed by atoms with van der Waals surface area (Å²) >= 11 is 0. The van der Waals surface area contributed by atoms with Crippen LogP contribution in [0.3, 0.4) is 0 Å². The minimum absolute atomic E-state index is 0. The van der Waals surface area contributed by atoms with Crippen molar-refractivity contribution >= 4 is 35.8 Å². The first-order valence-electron chi connectivity index (χ1n) is 9.08. The molecule has 0 saturated carbocycles. The minimum atomic E-state index is -0.339. The third kappa shape index (κ3) is 8.26. The number of nitrogens with one attached hydrogen (secondary N) is 2. The Kier molecular flexibility index (Phi) is 11.0. The Hall–Kier alpha value is -2.36. The van der Waals surface area contributed by atoms with Gasteiger partial charge >= 0.3 is 0 Å². The number of hydrogen-bond acceptors (Lipinski definition) is 3. The third-order valence-corrected chi connectivity index (χ3v) is 4.16. The van der Waals surface area contributed by atoms with Gasteiger partial charge in [0.2, 0.25) is 5.91 Å². The number of methoxy groups -OCH3 is 1. The first-order valence-corrected chi connectivity index (χ1v) is 9.08. The Morgan fingerprint density at radius 2 is 1.86 bits per heavy atom. The number of hydrogen-bond donors (Lipinski definition) is 2. The highest BCUT2D eigenvalue weighted by Crippen LogP contribution is 2.18. The Balaban J connectivity index is 0.00000420. The van der Waals surface area contributed by atoms with Crippen molar-refractivity contribution in [3.05, 3.63) is 65.5 Å². The van der Waals surface area contributed by atoms with Crippen LogP contribution >= 0.6 is 24.0 Å². The molecule has 0 unspecified atom stereocenters. The average Bonchev–Trinajstić information content (AvgIpc) is 2.68. The molecule has 158 valence electrons. The van der Waals surface area contributed by atoms with Gasteiger partial charge in [0.1, 0.15) is 11.6 Å². The van der Waals surface area contributed by atoms with Crippen molar-refractivity contribution in [3.8, 4) is 5.75 Å². The molecule has 1 amide bonds. The lowest BCUT2D eigenvalue weighted by atomic mass is 10.1. The van der Waals surface area contributed by atoms with E-state index < -0.39 is 0 Å². The molecule has 0 radical (unpaired) electrons. The zero-order valence-corrected chi connectivity index (χ0v) is 19.3. The van der Waals surface area contributed by atoms with E-state index in [4.69, 9.17) is 4.74 Å². The normalized spacial score (nSPS) is 10.7.